The first-order valence-corrected chi connectivity index (χ1v) is 11.6. The molecule has 0 unspecified atom stereocenters. The molecular formula is C26H24N2O4S. The smallest absolute Gasteiger partial charge is 0.326 e. The summed E-state index contributed by atoms with van der Waals surface area (Å²) < 4.78 is 13.3. The Morgan fingerprint density at radius 1 is 0.909 bits per heavy atom. The average molecular weight is 461 g/mol. The average Bonchev–Trinajstić information content (AvgIpc) is 3.16. The quantitative estimate of drug-likeness (QED) is 0.361. The van der Waals surface area contributed by atoms with Gasteiger partial charge < -0.3 is 14.0 Å². The largest absolute Gasteiger partial charge is 0.494 e. The lowest BCUT2D eigenvalue weighted by Crippen LogP contribution is -2.23. The number of fused-ring (bicyclic) bond motifs is 1. The number of nitrogens with zero attached hydrogens (tertiary/aromatic N) is 2. The molecule has 0 N–H and O–H groups in total. The zero-order valence-electron chi connectivity index (χ0n) is 18.5. The zero-order chi connectivity index (χ0) is 23.2. The molecule has 0 radical (unpaired) electrons. The lowest BCUT2D eigenvalue weighted by atomic mass is 10.0. The van der Waals surface area contributed by atoms with E-state index in [1.807, 2.05) is 67.6 Å². The molecule has 3 aromatic carbocycles. The monoisotopic (exact) mass is 460 g/mol. The lowest BCUT2D eigenvalue weighted by molar-refractivity contribution is -0.143. The second-order valence-electron chi connectivity index (χ2n) is 7.20. The summed E-state index contributed by atoms with van der Waals surface area (Å²) in [5.74, 6) is -0.0279. The number of carbonyl (C=O) groups excluding carboxylic acids is 2. The maximum atomic E-state index is 13.0. The topological polar surface area (TPSA) is 69.9 Å². The van der Waals surface area contributed by atoms with E-state index in [-0.39, 0.29) is 25.0 Å². The van der Waals surface area contributed by atoms with Crippen molar-refractivity contribution in [2.45, 2.75) is 20.4 Å². The summed E-state index contributed by atoms with van der Waals surface area (Å²) in [6.45, 7) is 4.49. The van der Waals surface area contributed by atoms with E-state index in [1.54, 1.807) is 23.6 Å². The molecule has 0 saturated heterocycles. The second-order valence-corrected chi connectivity index (χ2v) is 8.21. The molecule has 0 fully saturated rings. The normalized spacial score (nSPS) is 11.5. The fourth-order valence-corrected chi connectivity index (χ4v) is 4.53. The summed E-state index contributed by atoms with van der Waals surface area (Å²) in [6.07, 6.45) is 0. The van der Waals surface area contributed by atoms with Crippen LogP contribution in [0, 0.1) is 0 Å². The highest BCUT2D eigenvalue weighted by atomic mass is 32.1. The van der Waals surface area contributed by atoms with Crippen LogP contribution in [0.3, 0.4) is 0 Å². The van der Waals surface area contributed by atoms with E-state index in [0.717, 1.165) is 27.1 Å². The third-order valence-corrected chi connectivity index (χ3v) is 6.04. The minimum absolute atomic E-state index is 0.0269. The molecule has 1 aromatic heterocycles. The third-order valence-electron chi connectivity index (χ3n) is 4.99. The molecular weight excluding hydrogens is 436 g/mol. The third kappa shape index (κ3) is 5.21. The van der Waals surface area contributed by atoms with Gasteiger partial charge in [-0.2, -0.15) is 4.99 Å². The molecule has 0 bridgehead atoms. The van der Waals surface area contributed by atoms with Gasteiger partial charge in [0.25, 0.3) is 5.91 Å². The number of benzene rings is 3. The number of ether oxygens (including phenoxy) is 2. The van der Waals surface area contributed by atoms with Gasteiger partial charge in [-0.3, -0.25) is 9.59 Å². The van der Waals surface area contributed by atoms with Crippen molar-refractivity contribution in [1.82, 2.24) is 4.57 Å². The molecule has 4 rings (SSSR count). The zero-order valence-corrected chi connectivity index (χ0v) is 19.3. The molecule has 0 aliphatic heterocycles. The van der Waals surface area contributed by atoms with Gasteiger partial charge in [0.15, 0.2) is 4.80 Å². The van der Waals surface area contributed by atoms with Crippen LogP contribution in [0.15, 0.2) is 77.8 Å². The van der Waals surface area contributed by atoms with E-state index in [0.29, 0.717) is 17.0 Å². The minimum Gasteiger partial charge on any atom is -0.494 e. The first-order valence-electron chi connectivity index (χ1n) is 10.8. The van der Waals surface area contributed by atoms with E-state index in [1.165, 1.54) is 11.3 Å². The highest BCUT2D eigenvalue weighted by Gasteiger charge is 2.14. The van der Waals surface area contributed by atoms with Gasteiger partial charge in [0.05, 0.1) is 23.4 Å². The van der Waals surface area contributed by atoms with E-state index in [2.05, 4.69) is 4.99 Å². The van der Waals surface area contributed by atoms with Crippen molar-refractivity contribution in [3.8, 4) is 16.9 Å². The van der Waals surface area contributed by atoms with Crippen LogP contribution in [0.25, 0.3) is 21.3 Å². The van der Waals surface area contributed by atoms with Crippen LogP contribution in [0.4, 0.5) is 0 Å². The molecule has 7 heteroatoms. The number of aromatic nitrogens is 1. The van der Waals surface area contributed by atoms with Gasteiger partial charge in [0, 0.05) is 5.56 Å². The fourth-order valence-electron chi connectivity index (χ4n) is 3.47. The summed E-state index contributed by atoms with van der Waals surface area (Å²) >= 11 is 1.33. The van der Waals surface area contributed by atoms with Crippen LogP contribution in [0.5, 0.6) is 5.75 Å². The minimum atomic E-state index is -0.382. The van der Waals surface area contributed by atoms with Crippen LogP contribution in [0.1, 0.15) is 24.2 Å². The van der Waals surface area contributed by atoms with E-state index < -0.39 is 0 Å². The van der Waals surface area contributed by atoms with Crippen molar-refractivity contribution in [2.75, 3.05) is 13.2 Å². The molecule has 33 heavy (non-hydrogen) atoms. The van der Waals surface area contributed by atoms with Gasteiger partial charge >= 0.3 is 5.97 Å². The van der Waals surface area contributed by atoms with Crippen molar-refractivity contribution in [2.24, 2.45) is 4.99 Å². The lowest BCUT2D eigenvalue weighted by Gasteiger charge is -2.06. The van der Waals surface area contributed by atoms with Crippen molar-refractivity contribution < 1.29 is 19.1 Å². The molecule has 0 aliphatic rings. The van der Waals surface area contributed by atoms with Crippen molar-refractivity contribution in [3.63, 3.8) is 0 Å². The summed E-state index contributed by atoms with van der Waals surface area (Å²) in [6, 6.07) is 22.9. The number of thiazole rings is 1. The highest BCUT2D eigenvalue weighted by Crippen LogP contribution is 2.24. The van der Waals surface area contributed by atoms with Crippen LogP contribution in [-0.4, -0.2) is 29.7 Å². The van der Waals surface area contributed by atoms with Gasteiger partial charge in [-0.15, -0.1) is 0 Å². The summed E-state index contributed by atoms with van der Waals surface area (Å²) in [5, 5.41) is 0. The predicted molar refractivity (Wildman–Crippen MR) is 129 cm³/mol. The Morgan fingerprint density at radius 3 is 2.33 bits per heavy atom. The maximum Gasteiger partial charge on any atom is 0.326 e. The summed E-state index contributed by atoms with van der Waals surface area (Å²) in [5.41, 5.74) is 3.37. The Bertz CT molecular complexity index is 1340. The molecule has 0 spiro atoms. The van der Waals surface area contributed by atoms with Crippen LogP contribution in [-0.2, 0) is 16.1 Å². The number of hydrogen-bond acceptors (Lipinski definition) is 5. The number of carbonyl (C=O) groups is 2. The molecule has 0 atom stereocenters. The molecule has 0 aliphatic carbocycles. The Labute approximate surface area is 195 Å². The van der Waals surface area contributed by atoms with E-state index in [9.17, 15) is 9.59 Å². The Kier molecular flexibility index (Phi) is 7.00. The van der Waals surface area contributed by atoms with Crippen molar-refractivity contribution in [1.29, 1.82) is 0 Å². The van der Waals surface area contributed by atoms with E-state index >= 15 is 0 Å². The molecule has 1 heterocycles. The predicted octanol–water partition coefficient (Wildman–Crippen LogP) is 5.07. The van der Waals surface area contributed by atoms with Gasteiger partial charge in [-0.25, -0.2) is 0 Å². The molecule has 0 saturated carbocycles. The molecule has 168 valence electrons. The maximum absolute atomic E-state index is 13.0. The molecule has 6 nitrogen and oxygen atoms in total. The molecule has 4 aromatic rings. The van der Waals surface area contributed by atoms with E-state index in [4.69, 9.17) is 9.47 Å². The Morgan fingerprint density at radius 2 is 1.64 bits per heavy atom. The number of rotatable bonds is 7. The Balaban J connectivity index is 1.71. The van der Waals surface area contributed by atoms with Crippen molar-refractivity contribution >= 4 is 33.4 Å². The number of esters is 1. The Hall–Kier alpha value is -3.71. The summed E-state index contributed by atoms with van der Waals surface area (Å²) in [7, 11) is 0. The van der Waals surface area contributed by atoms with Gasteiger partial charge in [0.1, 0.15) is 12.3 Å². The SMILES string of the molecule is CCOC(=O)Cn1c(=NC(=O)c2ccc(-c3ccccc3)cc2)sc2cc(OCC)ccc21. The summed E-state index contributed by atoms with van der Waals surface area (Å²) in [4.78, 5) is 30.0. The van der Waals surface area contributed by atoms with Crippen LogP contribution < -0.4 is 9.54 Å². The van der Waals surface area contributed by atoms with Crippen molar-refractivity contribution in [3.05, 3.63) is 83.2 Å². The number of hydrogen-bond donors (Lipinski definition) is 0. The fraction of sp³-hybridized carbons (Fsp3) is 0.192. The van der Waals surface area contributed by atoms with Gasteiger partial charge in [0.2, 0.25) is 0 Å². The second kappa shape index (κ2) is 10.3. The molecule has 1 amide bonds. The van der Waals surface area contributed by atoms with Gasteiger partial charge in [-0.05, 0) is 55.3 Å². The van der Waals surface area contributed by atoms with Crippen LogP contribution >= 0.6 is 11.3 Å². The highest BCUT2D eigenvalue weighted by molar-refractivity contribution is 7.16. The first kappa shape index (κ1) is 22.5. The number of amides is 1. The van der Waals surface area contributed by atoms with Gasteiger partial charge in [-0.1, -0.05) is 53.8 Å². The van der Waals surface area contributed by atoms with Crippen LogP contribution in [0.2, 0.25) is 0 Å². The standard InChI is InChI=1S/C26H24N2O4S/c1-3-31-21-14-15-22-23(16-21)33-26(28(22)17-24(29)32-4-2)27-25(30)20-12-10-19(11-13-20)18-8-6-5-7-9-18/h5-16H,3-4,17H2,1-2H3. The first-order chi connectivity index (χ1) is 16.1.